The van der Waals surface area contributed by atoms with Crippen LogP contribution >= 0.6 is 0 Å². The van der Waals surface area contributed by atoms with Crippen LogP contribution in [0.25, 0.3) is 21.9 Å². The van der Waals surface area contributed by atoms with Gasteiger partial charge in [-0.3, -0.25) is 0 Å². The fraction of sp³-hybridized carbons (Fsp3) is 0.167. The van der Waals surface area contributed by atoms with E-state index in [2.05, 4.69) is 27.9 Å². The Kier molecular flexibility index (Phi) is 3.19. The second kappa shape index (κ2) is 5.35. The standard InChI is InChI=1S/C18H17N3O2/c1-11-4-3-5-14-18(11)16(9-19-14)23-10-17-20-13-7-6-12(22-2)8-15(13)21-17/h3-9,19H,10H2,1-2H3,(H,20,21). The van der Waals surface area contributed by atoms with Gasteiger partial charge in [-0.2, -0.15) is 0 Å². The topological polar surface area (TPSA) is 62.9 Å². The molecule has 0 saturated carbocycles. The molecule has 0 aliphatic rings. The van der Waals surface area contributed by atoms with E-state index < -0.39 is 0 Å². The number of nitrogens with zero attached hydrogens (tertiary/aromatic N) is 1. The van der Waals surface area contributed by atoms with Crippen molar-refractivity contribution in [2.75, 3.05) is 7.11 Å². The Morgan fingerprint density at radius 3 is 2.91 bits per heavy atom. The molecule has 2 N–H and O–H groups in total. The number of H-pyrrole nitrogens is 2. The average molecular weight is 307 g/mol. The number of ether oxygens (including phenoxy) is 2. The third-order valence-corrected chi connectivity index (χ3v) is 3.98. The number of hydrogen-bond donors (Lipinski definition) is 2. The Hall–Kier alpha value is -2.95. The van der Waals surface area contributed by atoms with Crippen molar-refractivity contribution in [1.29, 1.82) is 0 Å². The quantitative estimate of drug-likeness (QED) is 0.600. The molecule has 2 aromatic carbocycles. The fourth-order valence-electron chi connectivity index (χ4n) is 2.83. The first-order valence-electron chi connectivity index (χ1n) is 7.47. The summed E-state index contributed by atoms with van der Waals surface area (Å²) < 4.78 is 11.2. The van der Waals surface area contributed by atoms with E-state index in [9.17, 15) is 0 Å². The van der Waals surface area contributed by atoms with Crippen LogP contribution in [0.5, 0.6) is 11.5 Å². The van der Waals surface area contributed by atoms with Gasteiger partial charge in [0.25, 0.3) is 0 Å². The number of benzene rings is 2. The highest BCUT2D eigenvalue weighted by Gasteiger charge is 2.09. The zero-order valence-electron chi connectivity index (χ0n) is 13.0. The van der Waals surface area contributed by atoms with Crippen LogP contribution < -0.4 is 9.47 Å². The maximum Gasteiger partial charge on any atom is 0.146 e. The summed E-state index contributed by atoms with van der Waals surface area (Å²) in [6, 6.07) is 11.9. The first-order chi connectivity index (χ1) is 11.2. The van der Waals surface area contributed by atoms with Gasteiger partial charge in [0.1, 0.15) is 23.9 Å². The summed E-state index contributed by atoms with van der Waals surface area (Å²) in [5, 5.41) is 1.12. The molecule has 2 aromatic heterocycles. The first kappa shape index (κ1) is 13.7. The summed E-state index contributed by atoms with van der Waals surface area (Å²) in [5.41, 5.74) is 4.11. The number of rotatable bonds is 4. The van der Waals surface area contributed by atoms with Gasteiger partial charge in [-0.25, -0.2) is 4.98 Å². The molecule has 0 unspecified atom stereocenters. The second-order valence-corrected chi connectivity index (χ2v) is 5.51. The van der Waals surface area contributed by atoms with E-state index in [-0.39, 0.29) is 0 Å². The molecule has 5 heteroatoms. The smallest absolute Gasteiger partial charge is 0.146 e. The zero-order valence-corrected chi connectivity index (χ0v) is 13.0. The van der Waals surface area contributed by atoms with Crippen molar-refractivity contribution in [1.82, 2.24) is 15.0 Å². The van der Waals surface area contributed by atoms with Crippen LogP contribution in [0.3, 0.4) is 0 Å². The van der Waals surface area contributed by atoms with Crippen molar-refractivity contribution in [2.45, 2.75) is 13.5 Å². The highest BCUT2D eigenvalue weighted by Crippen LogP contribution is 2.29. The van der Waals surface area contributed by atoms with E-state index in [1.807, 2.05) is 36.5 Å². The predicted molar refractivity (Wildman–Crippen MR) is 90.0 cm³/mol. The maximum absolute atomic E-state index is 5.96. The van der Waals surface area contributed by atoms with Gasteiger partial charge in [0.15, 0.2) is 0 Å². The van der Waals surface area contributed by atoms with Gasteiger partial charge in [-0.1, -0.05) is 12.1 Å². The van der Waals surface area contributed by atoms with Crippen LogP contribution in [0, 0.1) is 6.92 Å². The van der Waals surface area contributed by atoms with Gasteiger partial charge in [0.2, 0.25) is 0 Å². The predicted octanol–water partition coefficient (Wildman–Crippen LogP) is 3.94. The largest absolute Gasteiger partial charge is 0.497 e. The van der Waals surface area contributed by atoms with Crippen LogP contribution in [-0.2, 0) is 6.61 Å². The number of hydrogen-bond acceptors (Lipinski definition) is 3. The Bertz CT molecular complexity index is 984. The van der Waals surface area contributed by atoms with E-state index in [0.717, 1.165) is 39.3 Å². The van der Waals surface area contributed by atoms with Crippen LogP contribution in [0.1, 0.15) is 11.4 Å². The van der Waals surface area contributed by atoms with Gasteiger partial charge in [0.05, 0.1) is 18.1 Å². The number of nitrogens with one attached hydrogen (secondary N) is 2. The second-order valence-electron chi connectivity index (χ2n) is 5.51. The average Bonchev–Trinajstić information content (AvgIpc) is 3.16. The van der Waals surface area contributed by atoms with E-state index in [0.29, 0.717) is 6.61 Å². The normalized spacial score (nSPS) is 11.2. The molecule has 0 aliphatic heterocycles. The van der Waals surface area contributed by atoms with Gasteiger partial charge in [-0.05, 0) is 30.7 Å². The Labute approximate surface area is 133 Å². The van der Waals surface area contributed by atoms with Gasteiger partial charge < -0.3 is 19.4 Å². The molecular weight excluding hydrogens is 290 g/mol. The van der Waals surface area contributed by atoms with E-state index >= 15 is 0 Å². The summed E-state index contributed by atoms with van der Waals surface area (Å²) in [6.07, 6.45) is 1.89. The maximum atomic E-state index is 5.96. The van der Waals surface area contributed by atoms with Gasteiger partial charge in [-0.15, -0.1) is 0 Å². The van der Waals surface area contributed by atoms with Crippen molar-refractivity contribution in [3.8, 4) is 11.5 Å². The van der Waals surface area contributed by atoms with Crippen LogP contribution in [-0.4, -0.2) is 22.1 Å². The molecule has 0 saturated heterocycles. The molecular formula is C18H17N3O2. The van der Waals surface area contributed by atoms with Gasteiger partial charge >= 0.3 is 0 Å². The molecule has 0 spiro atoms. The number of methoxy groups -OCH3 is 1. The lowest BCUT2D eigenvalue weighted by Gasteiger charge is -2.04. The minimum Gasteiger partial charge on any atom is -0.497 e. The summed E-state index contributed by atoms with van der Waals surface area (Å²) >= 11 is 0. The molecule has 4 rings (SSSR count). The van der Waals surface area contributed by atoms with E-state index in [1.54, 1.807) is 7.11 Å². The third kappa shape index (κ3) is 2.40. The zero-order chi connectivity index (χ0) is 15.8. The van der Waals surface area contributed by atoms with E-state index in [1.165, 1.54) is 5.56 Å². The van der Waals surface area contributed by atoms with Crippen molar-refractivity contribution in [3.63, 3.8) is 0 Å². The molecule has 5 nitrogen and oxygen atoms in total. The van der Waals surface area contributed by atoms with Crippen molar-refractivity contribution in [3.05, 3.63) is 54.0 Å². The molecule has 0 bridgehead atoms. The lowest BCUT2D eigenvalue weighted by atomic mass is 10.1. The van der Waals surface area contributed by atoms with Crippen molar-refractivity contribution in [2.24, 2.45) is 0 Å². The number of aryl methyl sites for hydroxylation is 1. The molecule has 23 heavy (non-hydrogen) atoms. The Morgan fingerprint density at radius 1 is 1.13 bits per heavy atom. The van der Waals surface area contributed by atoms with Crippen LogP contribution in [0.4, 0.5) is 0 Å². The third-order valence-electron chi connectivity index (χ3n) is 3.98. The van der Waals surface area contributed by atoms with Crippen molar-refractivity contribution >= 4 is 21.9 Å². The minimum absolute atomic E-state index is 0.387. The lowest BCUT2D eigenvalue weighted by Crippen LogP contribution is -1.97. The highest BCUT2D eigenvalue weighted by atomic mass is 16.5. The summed E-state index contributed by atoms with van der Waals surface area (Å²) in [4.78, 5) is 11.0. The summed E-state index contributed by atoms with van der Waals surface area (Å²) in [5.74, 6) is 2.44. The summed E-state index contributed by atoms with van der Waals surface area (Å²) in [6.45, 7) is 2.47. The highest BCUT2D eigenvalue weighted by molar-refractivity contribution is 5.89. The monoisotopic (exact) mass is 307 g/mol. The molecule has 0 radical (unpaired) electrons. The summed E-state index contributed by atoms with van der Waals surface area (Å²) in [7, 11) is 1.65. The van der Waals surface area contributed by atoms with Crippen LogP contribution in [0.2, 0.25) is 0 Å². The van der Waals surface area contributed by atoms with E-state index in [4.69, 9.17) is 9.47 Å². The molecule has 0 amide bonds. The molecule has 116 valence electrons. The van der Waals surface area contributed by atoms with Gasteiger partial charge in [0, 0.05) is 23.2 Å². The molecule has 0 aliphatic carbocycles. The van der Waals surface area contributed by atoms with Crippen molar-refractivity contribution < 1.29 is 9.47 Å². The minimum atomic E-state index is 0.387. The molecule has 0 fully saturated rings. The first-order valence-corrected chi connectivity index (χ1v) is 7.47. The SMILES string of the molecule is COc1ccc2nc(COc3c[nH]c4cccc(C)c34)[nH]c2c1. The number of fused-ring (bicyclic) bond motifs is 2. The molecule has 2 heterocycles. The number of aromatic amines is 2. The molecule has 4 aromatic rings. The number of imidazole rings is 1. The number of aromatic nitrogens is 3. The molecule has 0 atom stereocenters. The Balaban J connectivity index is 1.60. The fourth-order valence-corrected chi connectivity index (χ4v) is 2.83. The Morgan fingerprint density at radius 2 is 2.04 bits per heavy atom. The lowest BCUT2D eigenvalue weighted by molar-refractivity contribution is 0.301. The van der Waals surface area contributed by atoms with Crippen LogP contribution in [0.15, 0.2) is 42.6 Å².